The predicted molar refractivity (Wildman–Crippen MR) is 65.6 cm³/mol. The summed E-state index contributed by atoms with van der Waals surface area (Å²) in [5.74, 6) is -1.46. The minimum Gasteiger partial charge on any atom is -0.481 e. The number of benzene rings is 1. The molecule has 1 heterocycles. The first-order valence-electron chi connectivity index (χ1n) is 5.41. The van der Waals surface area contributed by atoms with E-state index in [1.54, 1.807) is 6.07 Å². The fourth-order valence-electron chi connectivity index (χ4n) is 1.71. The first-order chi connectivity index (χ1) is 8.99. The smallest absolute Gasteiger partial charge is 0.341 e. The van der Waals surface area contributed by atoms with Crippen LogP contribution in [0.5, 0.6) is 5.75 Å². The Kier molecular flexibility index (Phi) is 3.33. The summed E-state index contributed by atoms with van der Waals surface area (Å²) in [6, 6.07) is 5.82. The lowest BCUT2D eigenvalue weighted by molar-refractivity contribution is -0.139. The van der Waals surface area contributed by atoms with Crippen LogP contribution < -0.4 is 10.4 Å². The highest BCUT2D eigenvalue weighted by Gasteiger charge is 2.16. The van der Waals surface area contributed by atoms with Gasteiger partial charge in [0.15, 0.2) is 18.0 Å². The molecule has 0 saturated carbocycles. The summed E-state index contributed by atoms with van der Waals surface area (Å²) in [5.41, 5.74) is -0.426. The van der Waals surface area contributed by atoms with E-state index in [-0.39, 0.29) is 22.7 Å². The van der Waals surface area contributed by atoms with Crippen molar-refractivity contribution in [3.05, 3.63) is 40.2 Å². The quantitative estimate of drug-likeness (QED) is 0.662. The minimum absolute atomic E-state index is 0.0662. The maximum Gasteiger partial charge on any atom is 0.341 e. The number of ketones is 1. The average Bonchev–Trinajstić information content (AvgIpc) is 2.34. The third-order valence-corrected chi connectivity index (χ3v) is 2.45. The molecule has 0 aliphatic heterocycles. The third kappa shape index (κ3) is 2.62. The third-order valence-electron chi connectivity index (χ3n) is 2.45. The lowest BCUT2D eigenvalue weighted by atomic mass is 10.1. The van der Waals surface area contributed by atoms with Gasteiger partial charge < -0.3 is 14.3 Å². The van der Waals surface area contributed by atoms with Crippen LogP contribution in [0.25, 0.3) is 11.0 Å². The second-order valence-electron chi connectivity index (χ2n) is 3.85. The fraction of sp³-hybridized carbons (Fsp3) is 0.154. The van der Waals surface area contributed by atoms with Crippen molar-refractivity contribution in [3.8, 4) is 5.75 Å². The van der Waals surface area contributed by atoms with Crippen LogP contribution in [0.2, 0.25) is 0 Å². The van der Waals surface area contributed by atoms with E-state index in [4.69, 9.17) is 14.3 Å². The summed E-state index contributed by atoms with van der Waals surface area (Å²) >= 11 is 0. The Morgan fingerprint density at radius 1 is 1.26 bits per heavy atom. The van der Waals surface area contributed by atoms with Crippen LogP contribution >= 0.6 is 0 Å². The molecule has 0 fully saturated rings. The lowest BCUT2D eigenvalue weighted by Crippen LogP contribution is -2.12. The number of carbonyl (C=O) groups is 2. The van der Waals surface area contributed by atoms with Crippen molar-refractivity contribution in [3.63, 3.8) is 0 Å². The molecule has 0 radical (unpaired) electrons. The molecular formula is C13H10O6. The first kappa shape index (κ1) is 12.8. The molecule has 19 heavy (non-hydrogen) atoms. The molecule has 6 heteroatoms. The van der Waals surface area contributed by atoms with Crippen LogP contribution in [-0.4, -0.2) is 23.5 Å². The molecule has 1 aromatic carbocycles. The van der Waals surface area contributed by atoms with E-state index in [9.17, 15) is 14.4 Å². The van der Waals surface area contributed by atoms with Crippen molar-refractivity contribution in [1.29, 1.82) is 0 Å². The number of rotatable bonds is 4. The number of hydrogen-bond acceptors (Lipinski definition) is 5. The number of aliphatic carboxylic acids is 1. The van der Waals surface area contributed by atoms with Gasteiger partial charge in [0.05, 0.1) is 0 Å². The van der Waals surface area contributed by atoms with Crippen LogP contribution in [0.1, 0.15) is 17.3 Å². The second kappa shape index (κ2) is 4.93. The fourth-order valence-corrected chi connectivity index (χ4v) is 1.71. The van der Waals surface area contributed by atoms with E-state index in [2.05, 4.69) is 0 Å². The van der Waals surface area contributed by atoms with Gasteiger partial charge in [-0.3, -0.25) is 4.79 Å². The lowest BCUT2D eigenvalue weighted by Gasteiger charge is -2.09. The summed E-state index contributed by atoms with van der Waals surface area (Å²) < 4.78 is 10.0. The zero-order valence-electron chi connectivity index (χ0n) is 10.0. The number of carboxylic acids is 1. The van der Waals surface area contributed by atoms with Gasteiger partial charge in [0.1, 0.15) is 11.3 Å². The Labute approximate surface area is 107 Å². The summed E-state index contributed by atoms with van der Waals surface area (Å²) in [7, 11) is 0. The van der Waals surface area contributed by atoms with Gasteiger partial charge in [0.25, 0.3) is 0 Å². The Balaban J connectivity index is 2.64. The van der Waals surface area contributed by atoms with Gasteiger partial charge in [-0.05, 0) is 25.1 Å². The van der Waals surface area contributed by atoms with Crippen LogP contribution in [0.15, 0.2) is 33.5 Å². The van der Waals surface area contributed by atoms with Gasteiger partial charge in [-0.15, -0.1) is 0 Å². The molecule has 0 spiro atoms. The van der Waals surface area contributed by atoms with Crippen molar-refractivity contribution >= 4 is 22.7 Å². The standard InChI is InChI=1S/C13H10O6/c1-7(14)12-9(18-6-10(15)16)4-2-8-3-5-11(17)19-13(8)12/h2-5H,6H2,1H3,(H,15,16). The number of ether oxygens (including phenoxy) is 1. The molecule has 98 valence electrons. The molecule has 2 aromatic rings. The molecule has 0 aliphatic rings. The Hall–Kier alpha value is -2.63. The normalized spacial score (nSPS) is 10.4. The zero-order valence-corrected chi connectivity index (χ0v) is 10.0. The number of hydrogen-bond donors (Lipinski definition) is 1. The molecule has 0 amide bonds. The van der Waals surface area contributed by atoms with Gasteiger partial charge in [-0.25, -0.2) is 9.59 Å². The Morgan fingerprint density at radius 2 is 1.95 bits per heavy atom. The average molecular weight is 262 g/mol. The van der Waals surface area contributed by atoms with Gasteiger partial charge in [0, 0.05) is 11.5 Å². The van der Waals surface area contributed by atoms with Crippen LogP contribution in [0, 0.1) is 0 Å². The van der Waals surface area contributed by atoms with Crippen LogP contribution in [0.3, 0.4) is 0 Å². The van der Waals surface area contributed by atoms with E-state index >= 15 is 0 Å². The van der Waals surface area contributed by atoms with Gasteiger partial charge in [-0.2, -0.15) is 0 Å². The van der Waals surface area contributed by atoms with Gasteiger partial charge in [0.2, 0.25) is 0 Å². The van der Waals surface area contributed by atoms with E-state index in [1.807, 2.05) is 0 Å². The first-order valence-corrected chi connectivity index (χ1v) is 5.41. The summed E-state index contributed by atoms with van der Waals surface area (Å²) in [4.78, 5) is 33.4. The summed E-state index contributed by atoms with van der Waals surface area (Å²) in [6.07, 6.45) is 0. The van der Waals surface area contributed by atoms with E-state index in [0.29, 0.717) is 5.39 Å². The molecule has 1 N–H and O–H groups in total. The molecule has 0 bridgehead atoms. The molecule has 1 aromatic heterocycles. The molecule has 0 unspecified atom stereocenters. The Morgan fingerprint density at radius 3 is 2.58 bits per heavy atom. The topological polar surface area (TPSA) is 93.8 Å². The molecule has 0 atom stereocenters. The minimum atomic E-state index is -1.16. The maximum absolute atomic E-state index is 11.6. The highest BCUT2D eigenvalue weighted by molar-refractivity contribution is 6.07. The van der Waals surface area contributed by atoms with Crippen LogP contribution in [0.4, 0.5) is 0 Å². The van der Waals surface area contributed by atoms with Gasteiger partial charge in [-0.1, -0.05) is 0 Å². The van der Waals surface area contributed by atoms with Gasteiger partial charge >= 0.3 is 11.6 Å². The number of Topliss-reactive ketones (excluding diaryl/α,β-unsaturated/α-hetero) is 1. The highest BCUT2D eigenvalue weighted by atomic mass is 16.5. The zero-order chi connectivity index (χ0) is 14.0. The monoisotopic (exact) mass is 262 g/mol. The molecule has 6 nitrogen and oxygen atoms in total. The van der Waals surface area contributed by atoms with E-state index in [0.717, 1.165) is 0 Å². The van der Waals surface area contributed by atoms with Crippen LogP contribution in [-0.2, 0) is 4.79 Å². The van der Waals surface area contributed by atoms with Crippen molar-refractivity contribution in [2.45, 2.75) is 6.92 Å². The van der Waals surface area contributed by atoms with E-state index < -0.39 is 18.2 Å². The largest absolute Gasteiger partial charge is 0.481 e. The summed E-state index contributed by atoms with van der Waals surface area (Å²) in [6.45, 7) is 0.707. The number of carboxylic acid groups (broad SMARTS) is 1. The molecule has 0 saturated heterocycles. The summed E-state index contributed by atoms with van der Waals surface area (Å²) in [5, 5.41) is 9.14. The number of carbonyl (C=O) groups excluding carboxylic acids is 1. The maximum atomic E-state index is 11.6. The van der Waals surface area contributed by atoms with Crippen molar-refractivity contribution < 1.29 is 23.8 Å². The molecular weight excluding hydrogens is 252 g/mol. The SMILES string of the molecule is CC(=O)c1c(OCC(=O)O)ccc2ccc(=O)oc12. The van der Waals surface area contributed by atoms with E-state index in [1.165, 1.54) is 25.1 Å². The Bertz CT molecular complexity index is 713. The number of fused-ring (bicyclic) bond motifs is 1. The highest BCUT2D eigenvalue weighted by Crippen LogP contribution is 2.27. The predicted octanol–water partition coefficient (Wildman–Crippen LogP) is 1.46. The molecule has 2 rings (SSSR count). The molecule has 0 aliphatic carbocycles. The van der Waals surface area contributed by atoms with Crippen molar-refractivity contribution in [1.82, 2.24) is 0 Å². The second-order valence-corrected chi connectivity index (χ2v) is 3.85. The van der Waals surface area contributed by atoms with Crippen molar-refractivity contribution in [2.75, 3.05) is 6.61 Å². The van der Waals surface area contributed by atoms with Crippen molar-refractivity contribution in [2.24, 2.45) is 0 Å².